The zero-order valence-corrected chi connectivity index (χ0v) is 14.4. The van der Waals surface area contributed by atoms with Crippen molar-refractivity contribution < 1.29 is 0 Å². The van der Waals surface area contributed by atoms with Gasteiger partial charge in [0, 0.05) is 21.7 Å². The Hall–Kier alpha value is -0.510. The second-order valence-electron chi connectivity index (χ2n) is 5.93. The molecular formula is C18H25NS2. The molecule has 0 aliphatic heterocycles. The molecule has 1 aromatic carbocycles. The highest BCUT2D eigenvalue weighted by Gasteiger charge is 2.20. The monoisotopic (exact) mass is 319 g/mol. The molecule has 1 aromatic heterocycles. The maximum absolute atomic E-state index is 3.78. The fourth-order valence-corrected chi connectivity index (χ4v) is 5.55. The van der Waals surface area contributed by atoms with E-state index in [1.165, 1.54) is 53.5 Å². The van der Waals surface area contributed by atoms with Crippen LogP contribution in [0.2, 0.25) is 0 Å². The summed E-state index contributed by atoms with van der Waals surface area (Å²) < 4.78 is 1.47. The number of fused-ring (bicyclic) bond motifs is 1. The van der Waals surface area contributed by atoms with Crippen molar-refractivity contribution in [1.29, 1.82) is 0 Å². The SMILES string of the molecule is CCCNC(CSC1CCCC1)c1cccc2ccsc12. The smallest absolute Gasteiger partial charge is 0.0426 e. The molecule has 1 nitrogen and oxygen atoms in total. The molecule has 1 heterocycles. The lowest BCUT2D eigenvalue weighted by Crippen LogP contribution is -2.25. The van der Waals surface area contributed by atoms with E-state index in [0.717, 1.165) is 11.8 Å². The van der Waals surface area contributed by atoms with Crippen molar-refractivity contribution in [1.82, 2.24) is 5.32 Å². The van der Waals surface area contributed by atoms with Crippen LogP contribution in [0.5, 0.6) is 0 Å². The Morgan fingerprint density at radius 2 is 2.14 bits per heavy atom. The lowest BCUT2D eigenvalue weighted by Gasteiger charge is -2.21. The van der Waals surface area contributed by atoms with E-state index in [4.69, 9.17) is 0 Å². The van der Waals surface area contributed by atoms with Gasteiger partial charge in [0.1, 0.15) is 0 Å². The first-order valence-electron chi connectivity index (χ1n) is 8.19. The van der Waals surface area contributed by atoms with Gasteiger partial charge < -0.3 is 5.32 Å². The van der Waals surface area contributed by atoms with Gasteiger partial charge in [0.25, 0.3) is 0 Å². The molecule has 0 bridgehead atoms. The number of benzene rings is 1. The number of hydrogen-bond acceptors (Lipinski definition) is 3. The quantitative estimate of drug-likeness (QED) is 0.711. The molecule has 3 rings (SSSR count). The van der Waals surface area contributed by atoms with Crippen molar-refractivity contribution in [2.24, 2.45) is 0 Å². The van der Waals surface area contributed by atoms with E-state index in [2.05, 4.69) is 53.6 Å². The fourth-order valence-electron chi connectivity index (χ4n) is 3.16. The zero-order chi connectivity index (χ0) is 14.5. The minimum atomic E-state index is 0.498. The van der Waals surface area contributed by atoms with Gasteiger partial charge in [0.2, 0.25) is 0 Å². The van der Waals surface area contributed by atoms with E-state index in [1.807, 2.05) is 11.3 Å². The normalized spacial score (nSPS) is 17.6. The zero-order valence-electron chi connectivity index (χ0n) is 12.8. The summed E-state index contributed by atoms with van der Waals surface area (Å²) in [6, 6.07) is 9.51. The summed E-state index contributed by atoms with van der Waals surface area (Å²) in [6.45, 7) is 3.36. The Morgan fingerprint density at radius 3 is 2.95 bits per heavy atom. The van der Waals surface area contributed by atoms with Gasteiger partial charge >= 0.3 is 0 Å². The summed E-state index contributed by atoms with van der Waals surface area (Å²) in [5, 5.41) is 8.29. The summed E-state index contributed by atoms with van der Waals surface area (Å²) in [6.07, 6.45) is 6.92. The van der Waals surface area contributed by atoms with Crippen LogP contribution in [0.1, 0.15) is 50.6 Å². The predicted octanol–water partition coefficient (Wildman–Crippen LogP) is 5.62. The molecule has 1 aliphatic rings. The van der Waals surface area contributed by atoms with Crippen molar-refractivity contribution in [3.8, 4) is 0 Å². The maximum atomic E-state index is 3.78. The number of thioether (sulfide) groups is 1. The molecule has 114 valence electrons. The molecular weight excluding hydrogens is 294 g/mol. The molecule has 1 saturated carbocycles. The van der Waals surface area contributed by atoms with Crippen molar-refractivity contribution >= 4 is 33.2 Å². The summed E-state index contributed by atoms with van der Waals surface area (Å²) in [5.74, 6) is 1.21. The summed E-state index contributed by atoms with van der Waals surface area (Å²) in [5.41, 5.74) is 1.50. The minimum Gasteiger partial charge on any atom is -0.309 e. The highest BCUT2D eigenvalue weighted by Crippen LogP contribution is 2.35. The Kier molecular flexibility index (Phi) is 5.61. The second-order valence-corrected chi connectivity index (χ2v) is 8.18. The number of hydrogen-bond donors (Lipinski definition) is 1. The van der Waals surface area contributed by atoms with E-state index < -0.39 is 0 Å². The second kappa shape index (κ2) is 7.66. The summed E-state index contributed by atoms with van der Waals surface area (Å²) >= 11 is 4.08. The number of thiophene rings is 1. The van der Waals surface area contributed by atoms with Gasteiger partial charge in [-0.15, -0.1) is 11.3 Å². The van der Waals surface area contributed by atoms with Crippen molar-refractivity contribution in [2.45, 2.75) is 50.3 Å². The third-order valence-electron chi connectivity index (χ3n) is 4.33. The van der Waals surface area contributed by atoms with Crippen LogP contribution >= 0.6 is 23.1 Å². The van der Waals surface area contributed by atoms with Gasteiger partial charge in [0.05, 0.1) is 0 Å². The molecule has 1 fully saturated rings. The first-order chi connectivity index (χ1) is 10.4. The first kappa shape index (κ1) is 15.4. The molecule has 1 aliphatic carbocycles. The standard InChI is InChI=1S/C18H25NS2/c1-2-11-19-17(13-21-15-7-3-4-8-15)16-9-5-6-14-10-12-20-18(14)16/h5-6,9-10,12,15,17,19H,2-4,7-8,11,13H2,1H3. The van der Waals surface area contributed by atoms with E-state index >= 15 is 0 Å². The number of nitrogens with one attached hydrogen (secondary N) is 1. The summed E-state index contributed by atoms with van der Waals surface area (Å²) in [4.78, 5) is 0. The van der Waals surface area contributed by atoms with Gasteiger partial charge in [0.15, 0.2) is 0 Å². The third-order valence-corrected chi connectivity index (χ3v) is 6.77. The van der Waals surface area contributed by atoms with E-state index in [9.17, 15) is 0 Å². The summed E-state index contributed by atoms with van der Waals surface area (Å²) in [7, 11) is 0. The molecule has 1 atom stereocenters. The molecule has 1 N–H and O–H groups in total. The number of rotatable bonds is 7. The van der Waals surface area contributed by atoms with E-state index in [0.29, 0.717) is 6.04 Å². The van der Waals surface area contributed by atoms with Gasteiger partial charge in [-0.2, -0.15) is 11.8 Å². The highest BCUT2D eigenvalue weighted by atomic mass is 32.2. The van der Waals surface area contributed by atoms with Crippen molar-refractivity contribution in [3.63, 3.8) is 0 Å². The fraction of sp³-hybridized carbons (Fsp3) is 0.556. The van der Waals surface area contributed by atoms with Crippen LogP contribution in [-0.2, 0) is 0 Å². The molecule has 0 saturated heterocycles. The molecule has 1 unspecified atom stereocenters. The van der Waals surface area contributed by atoms with Crippen molar-refractivity contribution in [3.05, 3.63) is 35.2 Å². The minimum absolute atomic E-state index is 0.498. The molecule has 0 amide bonds. The molecule has 0 radical (unpaired) electrons. The average Bonchev–Trinajstić information content (AvgIpc) is 3.18. The van der Waals surface area contributed by atoms with Gasteiger partial charge in [-0.1, -0.05) is 38.0 Å². The highest BCUT2D eigenvalue weighted by molar-refractivity contribution is 7.99. The van der Waals surface area contributed by atoms with Crippen LogP contribution in [0.3, 0.4) is 0 Å². The molecule has 3 heteroatoms. The van der Waals surface area contributed by atoms with Crippen LogP contribution in [0, 0.1) is 0 Å². The van der Waals surface area contributed by atoms with Gasteiger partial charge in [-0.05, 0) is 48.2 Å². The average molecular weight is 320 g/mol. The largest absolute Gasteiger partial charge is 0.309 e. The Morgan fingerprint density at radius 1 is 1.29 bits per heavy atom. The lowest BCUT2D eigenvalue weighted by atomic mass is 10.1. The van der Waals surface area contributed by atoms with E-state index in [-0.39, 0.29) is 0 Å². The van der Waals surface area contributed by atoms with Crippen molar-refractivity contribution in [2.75, 3.05) is 12.3 Å². The lowest BCUT2D eigenvalue weighted by molar-refractivity contribution is 0.580. The third kappa shape index (κ3) is 3.82. The van der Waals surface area contributed by atoms with Crippen LogP contribution in [0.4, 0.5) is 0 Å². The van der Waals surface area contributed by atoms with Gasteiger partial charge in [-0.25, -0.2) is 0 Å². The Balaban J connectivity index is 1.75. The van der Waals surface area contributed by atoms with Crippen LogP contribution in [-0.4, -0.2) is 17.5 Å². The topological polar surface area (TPSA) is 12.0 Å². The Labute approximate surface area is 136 Å². The van der Waals surface area contributed by atoms with Crippen LogP contribution in [0.15, 0.2) is 29.6 Å². The molecule has 0 spiro atoms. The first-order valence-corrected chi connectivity index (χ1v) is 10.1. The van der Waals surface area contributed by atoms with Crippen LogP contribution in [0.25, 0.3) is 10.1 Å². The Bertz CT molecular complexity index is 557. The van der Waals surface area contributed by atoms with Gasteiger partial charge in [-0.3, -0.25) is 0 Å². The molecule has 2 aromatic rings. The maximum Gasteiger partial charge on any atom is 0.0426 e. The van der Waals surface area contributed by atoms with Crippen LogP contribution < -0.4 is 5.32 Å². The van der Waals surface area contributed by atoms with E-state index in [1.54, 1.807) is 0 Å². The predicted molar refractivity (Wildman–Crippen MR) is 97.6 cm³/mol. The molecule has 21 heavy (non-hydrogen) atoms.